The number of pyridine rings is 1. The van der Waals surface area contributed by atoms with Gasteiger partial charge in [-0.05, 0) is 6.07 Å². The number of nitrogens with zero attached hydrogens (tertiary/aromatic N) is 1. The summed E-state index contributed by atoms with van der Waals surface area (Å²) >= 11 is 8.50. The molecule has 0 N–H and O–H groups in total. The van der Waals surface area contributed by atoms with E-state index in [-0.39, 0.29) is 5.15 Å². The minimum absolute atomic E-state index is 0.126. The molecule has 1 aromatic rings. The van der Waals surface area contributed by atoms with Crippen LogP contribution < -0.4 is 0 Å². The molecule has 0 aliphatic carbocycles. The zero-order chi connectivity index (χ0) is 8.97. The van der Waals surface area contributed by atoms with Crippen molar-refractivity contribution in [1.29, 1.82) is 0 Å². The van der Waals surface area contributed by atoms with Crippen molar-refractivity contribution in [3.8, 4) is 11.8 Å². The van der Waals surface area contributed by atoms with Crippen LogP contribution in [-0.2, 0) is 0 Å². The van der Waals surface area contributed by atoms with Crippen LogP contribution in [0.25, 0.3) is 0 Å². The zero-order valence-electron chi connectivity index (χ0n) is 5.94. The van der Waals surface area contributed by atoms with Crippen LogP contribution in [0.3, 0.4) is 0 Å². The van der Waals surface area contributed by atoms with Crippen LogP contribution in [0.1, 0.15) is 5.56 Å². The van der Waals surface area contributed by atoms with Crippen LogP contribution in [-0.4, -0.2) is 10.3 Å². The van der Waals surface area contributed by atoms with Gasteiger partial charge in [-0.2, -0.15) is 0 Å². The lowest BCUT2D eigenvalue weighted by Gasteiger charge is -1.92. The molecule has 12 heavy (non-hydrogen) atoms. The molecule has 1 nitrogen and oxygen atoms in total. The molecule has 0 amide bonds. The zero-order valence-corrected chi connectivity index (χ0v) is 8.28. The summed E-state index contributed by atoms with van der Waals surface area (Å²) in [5.74, 6) is 4.89. The van der Waals surface area contributed by atoms with E-state index >= 15 is 0 Å². The molecule has 0 saturated carbocycles. The van der Waals surface area contributed by atoms with E-state index in [1.54, 1.807) is 0 Å². The molecule has 0 aliphatic heterocycles. The SMILES string of the molecule is Fc1cc(C#CCBr)cnc1Cl. The molecule has 62 valence electrons. The maximum Gasteiger partial charge on any atom is 0.164 e. The Labute approximate surface area is 83.1 Å². The largest absolute Gasteiger partial charge is 0.240 e. The van der Waals surface area contributed by atoms with Crippen molar-refractivity contribution in [2.45, 2.75) is 0 Å². The lowest BCUT2D eigenvalue weighted by Crippen LogP contribution is -1.84. The maximum absolute atomic E-state index is 12.7. The van der Waals surface area contributed by atoms with Gasteiger partial charge in [-0.3, -0.25) is 0 Å². The average molecular weight is 248 g/mol. The van der Waals surface area contributed by atoms with Crippen LogP contribution in [0.4, 0.5) is 4.39 Å². The van der Waals surface area contributed by atoms with Crippen LogP contribution in [0.5, 0.6) is 0 Å². The van der Waals surface area contributed by atoms with Crippen LogP contribution in [0.2, 0.25) is 5.15 Å². The quantitative estimate of drug-likeness (QED) is 0.391. The Morgan fingerprint density at radius 1 is 1.67 bits per heavy atom. The molecule has 0 aromatic carbocycles. The van der Waals surface area contributed by atoms with Crippen LogP contribution in [0.15, 0.2) is 12.3 Å². The number of alkyl halides is 1. The predicted molar refractivity (Wildman–Crippen MR) is 49.9 cm³/mol. The molecule has 0 bridgehead atoms. The van der Waals surface area contributed by atoms with Crippen molar-refractivity contribution >= 4 is 27.5 Å². The molecule has 1 aromatic heterocycles. The average Bonchev–Trinajstić information content (AvgIpc) is 2.07. The van der Waals surface area contributed by atoms with E-state index in [1.807, 2.05) is 0 Å². The highest BCUT2D eigenvalue weighted by Crippen LogP contribution is 2.10. The highest BCUT2D eigenvalue weighted by atomic mass is 79.9. The Balaban J connectivity index is 2.97. The monoisotopic (exact) mass is 247 g/mol. The summed E-state index contributed by atoms with van der Waals surface area (Å²) in [6.07, 6.45) is 1.43. The van der Waals surface area contributed by atoms with E-state index in [1.165, 1.54) is 12.3 Å². The third-order valence-corrected chi connectivity index (χ3v) is 1.65. The van der Waals surface area contributed by atoms with Crippen molar-refractivity contribution in [2.75, 3.05) is 5.33 Å². The molecule has 0 radical (unpaired) electrons. The minimum Gasteiger partial charge on any atom is -0.240 e. The summed E-state index contributed by atoms with van der Waals surface area (Å²) in [5, 5.41) is 0.427. The Hall–Kier alpha value is -0.590. The lowest BCUT2D eigenvalue weighted by molar-refractivity contribution is 0.621. The third-order valence-electron chi connectivity index (χ3n) is 1.10. The Kier molecular flexibility index (Phi) is 3.51. The summed E-state index contributed by atoms with van der Waals surface area (Å²) in [7, 11) is 0. The Morgan fingerprint density at radius 2 is 2.42 bits per heavy atom. The first-order valence-corrected chi connectivity index (χ1v) is 4.60. The molecule has 0 saturated heterocycles. The maximum atomic E-state index is 12.7. The molecule has 1 rings (SSSR count). The van der Waals surface area contributed by atoms with Gasteiger partial charge >= 0.3 is 0 Å². The second-order valence-corrected chi connectivity index (χ2v) is 2.85. The predicted octanol–water partition coefficient (Wildman–Crippen LogP) is 2.62. The van der Waals surface area contributed by atoms with Gasteiger partial charge in [0.2, 0.25) is 0 Å². The van der Waals surface area contributed by atoms with Gasteiger partial charge in [0.05, 0.1) is 5.33 Å². The van der Waals surface area contributed by atoms with E-state index in [0.717, 1.165) is 0 Å². The summed E-state index contributed by atoms with van der Waals surface area (Å²) in [6, 6.07) is 1.25. The molecule has 0 aliphatic rings. The van der Waals surface area contributed by atoms with Crippen LogP contribution in [0, 0.1) is 17.7 Å². The normalized spacial score (nSPS) is 8.92. The van der Waals surface area contributed by atoms with Gasteiger partial charge in [-0.25, -0.2) is 9.37 Å². The fourth-order valence-corrected chi connectivity index (χ4v) is 0.869. The molecular formula is C8H4BrClFN. The van der Waals surface area contributed by atoms with Crippen LogP contribution >= 0.6 is 27.5 Å². The number of hydrogen-bond acceptors (Lipinski definition) is 1. The lowest BCUT2D eigenvalue weighted by atomic mass is 10.3. The van der Waals surface area contributed by atoms with Gasteiger partial charge in [0.15, 0.2) is 11.0 Å². The first-order chi connectivity index (χ1) is 5.74. The highest BCUT2D eigenvalue weighted by molar-refractivity contribution is 9.09. The Bertz CT molecular complexity index is 343. The van der Waals surface area contributed by atoms with Crippen molar-refractivity contribution < 1.29 is 4.39 Å². The molecule has 0 unspecified atom stereocenters. The van der Waals surface area contributed by atoms with E-state index in [4.69, 9.17) is 11.6 Å². The van der Waals surface area contributed by atoms with E-state index < -0.39 is 5.82 Å². The number of hydrogen-bond donors (Lipinski definition) is 0. The topological polar surface area (TPSA) is 12.9 Å². The van der Waals surface area contributed by atoms with E-state index in [9.17, 15) is 4.39 Å². The van der Waals surface area contributed by atoms with Gasteiger partial charge in [-0.15, -0.1) is 0 Å². The third kappa shape index (κ3) is 2.47. The fraction of sp³-hybridized carbons (Fsp3) is 0.125. The second-order valence-electron chi connectivity index (χ2n) is 1.93. The summed E-state index contributed by atoms with van der Waals surface area (Å²) < 4.78 is 12.7. The molecule has 0 fully saturated rings. The van der Waals surface area contributed by atoms with Crippen molar-refractivity contribution in [3.63, 3.8) is 0 Å². The molecule has 0 atom stereocenters. The molecule has 0 spiro atoms. The fourth-order valence-electron chi connectivity index (χ4n) is 0.625. The summed E-state index contributed by atoms with van der Waals surface area (Å²) in [5.41, 5.74) is 0.524. The van der Waals surface area contributed by atoms with Crippen molar-refractivity contribution in [3.05, 3.63) is 28.8 Å². The van der Waals surface area contributed by atoms with Gasteiger partial charge in [-0.1, -0.05) is 39.4 Å². The van der Waals surface area contributed by atoms with Crippen molar-refractivity contribution in [1.82, 2.24) is 4.98 Å². The van der Waals surface area contributed by atoms with Gasteiger partial charge in [0.25, 0.3) is 0 Å². The first kappa shape index (κ1) is 9.50. The molecular weight excluding hydrogens is 244 g/mol. The summed E-state index contributed by atoms with van der Waals surface area (Å²) in [6.45, 7) is 0. The van der Waals surface area contributed by atoms with Gasteiger partial charge in [0, 0.05) is 11.8 Å². The van der Waals surface area contributed by atoms with E-state index in [0.29, 0.717) is 10.9 Å². The smallest absolute Gasteiger partial charge is 0.164 e. The standard InChI is InChI=1S/C8H4BrClFN/c9-3-1-2-6-4-7(11)8(10)12-5-6/h4-5H,3H2. The van der Waals surface area contributed by atoms with Crippen molar-refractivity contribution in [2.24, 2.45) is 0 Å². The molecule has 1 heterocycles. The minimum atomic E-state index is -0.543. The number of halogens is 3. The number of rotatable bonds is 0. The van der Waals surface area contributed by atoms with E-state index in [2.05, 4.69) is 32.8 Å². The van der Waals surface area contributed by atoms with Gasteiger partial charge < -0.3 is 0 Å². The second kappa shape index (κ2) is 4.44. The first-order valence-electron chi connectivity index (χ1n) is 3.10. The highest BCUT2D eigenvalue weighted by Gasteiger charge is 1.99. The Morgan fingerprint density at radius 3 is 3.00 bits per heavy atom. The molecule has 4 heteroatoms. The summed E-state index contributed by atoms with van der Waals surface area (Å²) in [4.78, 5) is 3.60. The van der Waals surface area contributed by atoms with Gasteiger partial charge in [0.1, 0.15) is 0 Å². The number of aromatic nitrogens is 1.